The van der Waals surface area contributed by atoms with E-state index in [1.165, 1.54) is 11.1 Å². The van der Waals surface area contributed by atoms with E-state index in [0.29, 0.717) is 28.7 Å². The second-order valence-electron chi connectivity index (χ2n) is 7.23. The number of rotatable bonds is 4. The summed E-state index contributed by atoms with van der Waals surface area (Å²) in [6.45, 7) is 2.13. The molecule has 0 atom stereocenters. The molecule has 2 aromatic carbocycles. The van der Waals surface area contributed by atoms with E-state index in [0.717, 1.165) is 37.3 Å². The van der Waals surface area contributed by atoms with Crippen LogP contribution >= 0.6 is 0 Å². The van der Waals surface area contributed by atoms with Crippen LogP contribution in [-0.4, -0.2) is 34.6 Å². The van der Waals surface area contributed by atoms with Crippen molar-refractivity contribution in [3.05, 3.63) is 42.0 Å². The van der Waals surface area contributed by atoms with Crippen LogP contribution in [0.1, 0.15) is 24.8 Å². The molecule has 1 fully saturated rings. The van der Waals surface area contributed by atoms with E-state index >= 15 is 0 Å². The van der Waals surface area contributed by atoms with Crippen molar-refractivity contribution in [2.45, 2.75) is 19.3 Å². The first-order chi connectivity index (χ1) is 14.7. The first kappa shape index (κ1) is 18.1. The van der Waals surface area contributed by atoms with E-state index in [2.05, 4.69) is 26.4 Å². The second-order valence-corrected chi connectivity index (χ2v) is 7.23. The van der Waals surface area contributed by atoms with E-state index in [1.807, 2.05) is 36.4 Å². The van der Waals surface area contributed by atoms with Gasteiger partial charge in [-0.1, -0.05) is 6.07 Å². The summed E-state index contributed by atoms with van der Waals surface area (Å²) in [4.78, 5) is 6.58. The Bertz CT molecular complexity index is 1130. The summed E-state index contributed by atoms with van der Waals surface area (Å²) in [5.41, 5.74) is 9.07. The number of nitrogens with zero attached hydrogens (tertiary/aromatic N) is 5. The van der Waals surface area contributed by atoms with E-state index in [4.69, 9.17) is 15.2 Å². The Morgan fingerprint density at radius 1 is 1.07 bits per heavy atom. The highest BCUT2D eigenvalue weighted by Crippen LogP contribution is 2.38. The van der Waals surface area contributed by atoms with Crippen molar-refractivity contribution in [1.29, 1.82) is 5.26 Å². The Balaban J connectivity index is 1.41. The minimum atomic E-state index is 0.159. The number of nitrogens with one attached hydrogen (secondary N) is 1. The number of piperidine rings is 1. The molecule has 0 spiro atoms. The highest BCUT2D eigenvalue weighted by molar-refractivity contribution is 5.68. The van der Waals surface area contributed by atoms with Crippen LogP contribution in [0, 0.1) is 11.3 Å². The lowest BCUT2D eigenvalue weighted by Gasteiger charge is -2.29. The van der Waals surface area contributed by atoms with Gasteiger partial charge in [0.05, 0.1) is 11.3 Å². The van der Waals surface area contributed by atoms with Crippen LogP contribution in [0.15, 0.2) is 36.4 Å². The van der Waals surface area contributed by atoms with Crippen molar-refractivity contribution in [1.82, 2.24) is 14.8 Å². The van der Waals surface area contributed by atoms with Crippen molar-refractivity contribution >= 4 is 23.3 Å². The van der Waals surface area contributed by atoms with Crippen LogP contribution in [0.5, 0.6) is 11.5 Å². The zero-order valence-electron chi connectivity index (χ0n) is 16.3. The standard InChI is InChI=1S/C21H21N7O2/c22-12-14-11-15(7-8-16(14)27-9-2-1-3-10-27)24-21-25-20(23)28(26-21)17-5-4-6-18-19(17)30-13-29-18/h4-8,11H,1-3,9-10,13H2,(H3,23,24,25,26). The maximum absolute atomic E-state index is 9.64. The number of nitrogens with two attached hydrogens (primary N) is 1. The van der Waals surface area contributed by atoms with Crippen molar-refractivity contribution in [2.75, 3.05) is 35.8 Å². The molecule has 0 bridgehead atoms. The molecule has 30 heavy (non-hydrogen) atoms. The van der Waals surface area contributed by atoms with Gasteiger partial charge >= 0.3 is 0 Å². The maximum Gasteiger partial charge on any atom is 0.248 e. The molecule has 0 radical (unpaired) electrons. The SMILES string of the molecule is N#Cc1cc(Nc2nc(N)n(-c3cccc4c3OCO4)n2)ccc1N1CCCCC1. The van der Waals surface area contributed by atoms with E-state index in [1.54, 1.807) is 0 Å². The third kappa shape index (κ3) is 3.22. The first-order valence-electron chi connectivity index (χ1n) is 9.90. The van der Waals surface area contributed by atoms with E-state index < -0.39 is 0 Å². The molecule has 0 unspecified atom stereocenters. The molecule has 1 saturated heterocycles. The van der Waals surface area contributed by atoms with Gasteiger partial charge in [-0.2, -0.15) is 14.9 Å². The number of benzene rings is 2. The van der Waals surface area contributed by atoms with E-state index in [9.17, 15) is 5.26 Å². The summed E-state index contributed by atoms with van der Waals surface area (Å²) in [7, 11) is 0. The summed E-state index contributed by atoms with van der Waals surface area (Å²) in [5, 5.41) is 17.2. The summed E-state index contributed by atoms with van der Waals surface area (Å²) in [6.07, 6.45) is 3.56. The molecule has 3 aromatic rings. The Morgan fingerprint density at radius 3 is 2.77 bits per heavy atom. The van der Waals surface area contributed by atoms with Gasteiger partial charge in [-0.05, 0) is 49.6 Å². The van der Waals surface area contributed by atoms with Gasteiger partial charge in [0, 0.05) is 18.8 Å². The quantitative estimate of drug-likeness (QED) is 0.683. The molecule has 152 valence electrons. The van der Waals surface area contributed by atoms with Crippen molar-refractivity contribution in [2.24, 2.45) is 0 Å². The average molecular weight is 403 g/mol. The minimum Gasteiger partial charge on any atom is -0.454 e. The fourth-order valence-corrected chi connectivity index (χ4v) is 3.88. The lowest BCUT2D eigenvalue weighted by atomic mass is 10.1. The Labute approximate surface area is 173 Å². The number of ether oxygens (including phenoxy) is 2. The highest BCUT2D eigenvalue weighted by Gasteiger charge is 2.21. The lowest BCUT2D eigenvalue weighted by Crippen LogP contribution is -2.30. The van der Waals surface area contributed by atoms with Crippen LogP contribution in [0.4, 0.5) is 23.3 Å². The summed E-state index contributed by atoms with van der Waals surface area (Å²) in [5.74, 6) is 1.77. The predicted octanol–water partition coefficient (Wildman–Crippen LogP) is 3.18. The molecule has 9 heteroatoms. The van der Waals surface area contributed by atoms with Crippen molar-refractivity contribution in [3.8, 4) is 23.3 Å². The number of anilines is 4. The molecule has 1 aromatic heterocycles. The van der Waals surface area contributed by atoms with Crippen LogP contribution < -0.4 is 25.4 Å². The molecule has 3 N–H and O–H groups in total. The number of aromatic nitrogens is 3. The van der Waals surface area contributed by atoms with Crippen molar-refractivity contribution in [3.63, 3.8) is 0 Å². The zero-order chi connectivity index (χ0) is 20.5. The molecular weight excluding hydrogens is 382 g/mol. The number of nitrogen functional groups attached to an aromatic ring is 1. The third-order valence-electron chi connectivity index (χ3n) is 5.31. The van der Waals surface area contributed by atoms with Crippen LogP contribution in [-0.2, 0) is 0 Å². The predicted molar refractivity (Wildman–Crippen MR) is 112 cm³/mol. The van der Waals surface area contributed by atoms with Gasteiger partial charge < -0.3 is 25.4 Å². The molecule has 2 aliphatic heterocycles. The van der Waals surface area contributed by atoms with Crippen molar-refractivity contribution < 1.29 is 9.47 Å². The number of hydrogen-bond acceptors (Lipinski definition) is 8. The number of hydrogen-bond donors (Lipinski definition) is 2. The normalized spacial score (nSPS) is 15.1. The number of nitriles is 1. The molecule has 0 amide bonds. The molecule has 9 nitrogen and oxygen atoms in total. The molecular formula is C21H21N7O2. The van der Waals surface area contributed by atoms with Gasteiger partial charge in [-0.25, -0.2) is 0 Å². The zero-order valence-corrected chi connectivity index (χ0v) is 16.3. The van der Waals surface area contributed by atoms with Crippen LogP contribution in [0.25, 0.3) is 5.69 Å². The summed E-state index contributed by atoms with van der Waals surface area (Å²) >= 11 is 0. The van der Waals surface area contributed by atoms with Gasteiger partial charge in [0.25, 0.3) is 0 Å². The Morgan fingerprint density at radius 2 is 1.93 bits per heavy atom. The van der Waals surface area contributed by atoms with Crippen LogP contribution in [0.2, 0.25) is 0 Å². The van der Waals surface area contributed by atoms with Gasteiger partial charge in [-0.3, -0.25) is 0 Å². The summed E-state index contributed by atoms with van der Waals surface area (Å²) < 4.78 is 12.5. The first-order valence-corrected chi connectivity index (χ1v) is 9.90. The molecule has 3 heterocycles. The van der Waals surface area contributed by atoms with Gasteiger partial charge in [0.1, 0.15) is 11.8 Å². The van der Waals surface area contributed by atoms with Gasteiger partial charge in [0.15, 0.2) is 11.5 Å². The monoisotopic (exact) mass is 403 g/mol. The fourth-order valence-electron chi connectivity index (χ4n) is 3.88. The summed E-state index contributed by atoms with van der Waals surface area (Å²) in [6, 6.07) is 13.5. The average Bonchev–Trinajstić information content (AvgIpc) is 3.40. The number of para-hydroxylation sites is 1. The maximum atomic E-state index is 9.64. The topological polar surface area (TPSA) is 114 Å². The third-order valence-corrected chi connectivity index (χ3v) is 5.31. The Kier molecular flexibility index (Phi) is 4.52. The second kappa shape index (κ2) is 7.48. The minimum absolute atomic E-state index is 0.159. The number of fused-ring (bicyclic) bond motifs is 1. The smallest absolute Gasteiger partial charge is 0.248 e. The van der Waals surface area contributed by atoms with Crippen LogP contribution in [0.3, 0.4) is 0 Å². The van der Waals surface area contributed by atoms with Gasteiger partial charge in [-0.15, -0.1) is 5.10 Å². The lowest BCUT2D eigenvalue weighted by molar-refractivity contribution is 0.173. The molecule has 2 aliphatic rings. The molecule has 5 rings (SSSR count). The largest absolute Gasteiger partial charge is 0.454 e. The van der Waals surface area contributed by atoms with E-state index in [-0.39, 0.29) is 12.7 Å². The molecule has 0 saturated carbocycles. The van der Waals surface area contributed by atoms with Gasteiger partial charge in [0.2, 0.25) is 18.7 Å². The highest BCUT2D eigenvalue weighted by atomic mass is 16.7. The fraction of sp³-hybridized carbons (Fsp3) is 0.286. The Hall–Kier alpha value is -3.93. The molecule has 0 aliphatic carbocycles.